The van der Waals surface area contributed by atoms with E-state index in [0.717, 1.165) is 55.7 Å². The van der Waals surface area contributed by atoms with Crippen LogP contribution >= 0.6 is 0 Å². The maximum Gasteiger partial charge on any atom is 0.246 e. The number of aryl methyl sites for hydroxylation is 2. The van der Waals surface area contributed by atoms with Gasteiger partial charge in [-0.3, -0.25) is 14.4 Å². The molecule has 8 atom stereocenters. The van der Waals surface area contributed by atoms with E-state index in [-0.39, 0.29) is 23.8 Å². The molecule has 0 unspecified atom stereocenters. The molecular weight excluding hydrogens is 516 g/mol. The molecule has 6 rings (SSSR count). The van der Waals surface area contributed by atoms with Gasteiger partial charge in [0.25, 0.3) is 0 Å². The first-order valence-corrected chi connectivity index (χ1v) is 15.8. The highest BCUT2D eigenvalue weighted by Gasteiger charge is 2.72. The van der Waals surface area contributed by atoms with Gasteiger partial charge in [0.2, 0.25) is 17.7 Å². The molecule has 1 saturated carbocycles. The molecule has 222 valence electrons. The second-order valence-electron chi connectivity index (χ2n) is 13.4. The van der Waals surface area contributed by atoms with Gasteiger partial charge < -0.3 is 25.2 Å². The van der Waals surface area contributed by atoms with Gasteiger partial charge in [-0.25, -0.2) is 0 Å². The molecule has 2 N–H and O–H groups in total. The fraction of sp³-hybridized carbons (Fsp3) is 0.667. The van der Waals surface area contributed by atoms with Crippen LogP contribution in [0.3, 0.4) is 0 Å². The summed E-state index contributed by atoms with van der Waals surface area (Å²) in [5.74, 6) is -0.988. The summed E-state index contributed by atoms with van der Waals surface area (Å²) in [4.78, 5) is 46.4. The van der Waals surface area contributed by atoms with Crippen molar-refractivity contribution < 1.29 is 19.1 Å². The Morgan fingerprint density at radius 2 is 1.73 bits per heavy atom. The van der Waals surface area contributed by atoms with E-state index in [1.807, 2.05) is 38.1 Å². The van der Waals surface area contributed by atoms with Crippen LogP contribution in [-0.4, -0.2) is 77.5 Å². The van der Waals surface area contributed by atoms with E-state index >= 15 is 0 Å². The van der Waals surface area contributed by atoms with Crippen LogP contribution < -0.4 is 10.6 Å². The number of carbonyl (C=O) groups excluding carboxylic acids is 3. The molecule has 5 aliphatic rings. The van der Waals surface area contributed by atoms with Gasteiger partial charge in [0.1, 0.15) is 11.6 Å². The Morgan fingerprint density at radius 1 is 1.00 bits per heavy atom. The average molecular weight is 563 g/mol. The van der Waals surface area contributed by atoms with Gasteiger partial charge >= 0.3 is 0 Å². The van der Waals surface area contributed by atoms with Crippen molar-refractivity contribution >= 4 is 23.4 Å². The largest absolute Gasteiger partial charge is 0.359 e. The summed E-state index contributed by atoms with van der Waals surface area (Å²) < 4.78 is 6.55. The van der Waals surface area contributed by atoms with Gasteiger partial charge in [-0.05, 0) is 94.3 Å². The lowest BCUT2D eigenvalue weighted by atomic mass is 9.73. The van der Waals surface area contributed by atoms with Crippen molar-refractivity contribution in [3.05, 3.63) is 41.5 Å². The monoisotopic (exact) mass is 562 g/mol. The smallest absolute Gasteiger partial charge is 0.246 e. The molecule has 4 heterocycles. The average Bonchev–Trinajstić information content (AvgIpc) is 3.69. The number of amides is 3. The third kappa shape index (κ3) is 5.11. The summed E-state index contributed by atoms with van der Waals surface area (Å²) in [6.45, 7) is 12.0. The number of nitrogens with zero attached hydrogens (tertiary/aromatic N) is 2. The van der Waals surface area contributed by atoms with E-state index in [2.05, 4.69) is 35.4 Å². The highest BCUT2D eigenvalue weighted by Crippen LogP contribution is 2.55. The van der Waals surface area contributed by atoms with Gasteiger partial charge in [-0.2, -0.15) is 0 Å². The third-order valence-corrected chi connectivity index (χ3v) is 10.5. The van der Waals surface area contributed by atoms with Crippen molar-refractivity contribution in [2.75, 3.05) is 31.5 Å². The van der Waals surface area contributed by atoms with Crippen molar-refractivity contribution in [1.82, 2.24) is 15.1 Å². The van der Waals surface area contributed by atoms with Crippen LogP contribution in [-0.2, 0) is 19.1 Å². The molecule has 0 radical (unpaired) electrons. The summed E-state index contributed by atoms with van der Waals surface area (Å²) in [5, 5.41) is 6.42. The minimum absolute atomic E-state index is 0.0782. The van der Waals surface area contributed by atoms with Crippen molar-refractivity contribution in [2.45, 2.75) is 90.0 Å². The second-order valence-corrected chi connectivity index (χ2v) is 13.4. The van der Waals surface area contributed by atoms with E-state index in [1.165, 1.54) is 19.3 Å². The molecule has 2 bridgehead atoms. The summed E-state index contributed by atoms with van der Waals surface area (Å²) >= 11 is 0. The highest BCUT2D eigenvalue weighted by molar-refractivity contribution is 6.02. The summed E-state index contributed by atoms with van der Waals surface area (Å²) in [6, 6.07) is 5.24. The van der Waals surface area contributed by atoms with E-state index in [9.17, 15) is 14.4 Å². The number of nitrogens with one attached hydrogen (secondary N) is 2. The second kappa shape index (κ2) is 11.2. The molecule has 3 saturated heterocycles. The first-order valence-electron chi connectivity index (χ1n) is 15.8. The zero-order valence-electron chi connectivity index (χ0n) is 25.0. The number of rotatable bonds is 8. The molecule has 0 aromatic heterocycles. The maximum absolute atomic E-state index is 14.2. The quantitative estimate of drug-likeness (QED) is 0.470. The van der Waals surface area contributed by atoms with Crippen molar-refractivity contribution in [3.63, 3.8) is 0 Å². The maximum atomic E-state index is 14.2. The number of benzene rings is 1. The van der Waals surface area contributed by atoms with Crippen LogP contribution in [0.15, 0.2) is 30.4 Å². The molecule has 8 nitrogen and oxygen atoms in total. The number of hydrogen-bond donors (Lipinski definition) is 2. The van der Waals surface area contributed by atoms with Gasteiger partial charge in [0.05, 0.1) is 17.9 Å². The SMILES string of the molecule is Cc1cc(C)cc(NC(=O)[C@H]2[C@H]3C=C[C@@]4(O3)[C@H]2C(=O)N(CCCN2CCCC2)[C@@H]4C(=O)N[C@@H]2CCC[C@H](C)[C@@H]2C)c1. The Morgan fingerprint density at radius 3 is 2.46 bits per heavy atom. The summed E-state index contributed by atoms with van der Waals surface area (Å²) in [5.41, 5.74) is 1.72. The normalized spacial score (nSPS) is 36.1. The number of carbonyl (C=O) groups is 3. The van der Waals surface area contributed by atoms with Crippen molar-refractivity contribution in [1.29, 1.82) is 0 Å². The van der Waals surface area contributed by atoms with Crippen LogP contribution in [0, 0.1) is 37.5 Å². The van der Waals surface area contributed by atoms with E-state index in [1.54, 1.807) is 4.90 Å². The summed E-state index contributed by atoms with van der Waals surface area (Å²) in [6.07, 6.45) is 9.73. The molecule has 8 heteroatoms. The first kappa shape index (κ1) is 28.4. The number of fused-ring (bicyclic) bond motifs is 1. The van der Waals surface area contributed by atoms with Gasteiger partial charge in [-0.1, -0.05) is 44.9 Å². The minimum Gasteiger partial charge on any atom is -0.359 e. The molecule has 1 aliphatic carbocycles. The fourth-order valence-electron chi connectivity index (χ4n) is 8.30. The van der Waals surface area contributed by atoms with Crippen LogP contribution in [0.5, 0.6) is 0 Å². The van der Waals surface area contributed by atoms with Crippen molar-refractivity contribution in [2.24, 2.45) is 23.7 Å². The Kier molecular flexibility index (Phi) is 7.74. The zero-order valence-corrected chi connectivity index (χ0v) is 25.0. The molecule has 1 aromatic carbocycles. The number of hydrogen-bond acceptors (Lipinski definition) is 5. The van der Waals surface area contributed by atoms with Crippen LogP contribution in [0.4, 0.5) is 5.69 Å². The topological polar surface area (TPSA) is 91.0 Å². The minimum atomic E-state index is -1.12. The van der Waals surface area contributed by atoms with Crippen LogP contribution in [0.2, 0.25) is 0 Å². The lowest BCUT2D eigenvalue weighted by Crippen LogP contribution is -2.58. The molecule has 4 aliphatic heterocycles. The Labute approximate surface area is 244 Å². The highest BCUT2D eigenvalue weighted by atomic mass is 16.5. The van der Waals surface area contributed by atoms with Gasteiger partial charge in [0, 0.05) is 18.3 Å². The molecule has 4 fully saturated rings. The number of anilines is 1. The van der Waals surface area contributed by atoms with E-state index < -0.39 is 29.6 Å². The Balaban J connectivity index is 1.26. The number of ether oxygens (including phenoxy) is 1. The third-order valence-electron chi connectivity index (χ3n) is 10.5. The van der Waals surface area contributed by atoms with Crippen LogP contribution in [0.25, 0.3) is 0 Å². The predicted octanol–water partition coefficient (Wildman–Crippen LogP) is 3.82. The summed E-state index contributed by atoms with van der Waals surface area (Å²) in [7, 11) is 0. The van der Waals surface area contributed by atoms with Crippen LogP contribution in [0.1, 0.15) is 63.5 Å². The van der Waals surface area contributed by atoms with E-state index in [4.69, 9.17) is 4.74 Å². The lowest BCUT2D eigenvalue weighted by molar-refractivity contribution is -0.141. The predicted molar refractivity (Wildman–Crippen MR) is 158 cm³/mol. The standard InChI is InChI=1S/C33H46N4O4/c1-20-17-21(2)19-24(18-20)34-30(38)27-26-11-12-33(41-26)28(27)32(40)37(16-8-15-36-13-5-6-14-36)29(33)31(39)35-25-10-7-9-22(3)23(25)4/h11-12,17-19,22-23,25-29H,5-10,13-16H2,1-4H3,(H,34,38)(H,35,39)/t22-,23-,25+,26+,27-,28+,29+,33+/m0/s1. The zero-order chi connectivity index (χ0) is 28.9. The fourth-order valence-corrected chi connectivity index (χ4v) is 8.30. The van der Waals surface area contributed by atoms with Crippen molar-refractivity contribution in [3.8, 4) is 0 Å². The molecular formula is C33H46N4O4. The molecule has 3 amide bonds. The van der Waals surface area contributed by atoms with Gasteiger partial charge in [0.15, 0.2) is 0 Å². The van der Waals surface area contributed by atoms with E-state index in [0.29, 0.717) is 18.4 Å². The lowest BCUT2D eigenvalue weighted by Gasteiger charge is -2.38. The Hall–Kier alpha value is -2.71. The molecule has 41 heavy (non-hydrogen) atoms. The first-order chi connectivity index (χ1) is 19.7. The number of likely N-dealkylation sites (tertiary alicyclic amines) is 2. The Bertz CT molecular complexity index is 1210. The van der Waals surface area contributed by atoms with Gasteiger partial charge in [-0.15, -0.1) is 0 Å². The molecule has 1 spiro atoms. The molecule has 1 aromatic rings.